The van der Waals surface area contributed by atoms with Gasteiger partial charge >= 0.3 is 0 Å². The molecule has 1 aromatic rings. The third-order valence-electron chi connectivity index (χ3n) is 20.1. The van der Waals surface area contributed by atoms with Crippen LogP contribution in [0.25, 0.3) is 0 Å². The molecule has 14 bridgehead atoms. The fraction of sp³-hybridized carbons (Fsp3) is 0.912. The molecule has 0 aliphatic carbocycles. The van der Waals surface area contributed by atoms with E-state index in [0.717, 1.165) is 5.56 Å². The number of benzene rings is 1. The Bertz CT molecular complexity index is 2510. The molecule has 21 saturated heterocycles. The van der Waals surface area contributed by atoms with Crippen LogP contribution in [0.2, 0.25) is 0 Å². The highest BCUT2D eigenvalue weighted by Crippen LogP contribution is 2.43. The second-order valence-corrected chi connectivity index (χ2v) is 25.8. The van der Waals surface area contributed by atoms with Crippen LogP contribution in [0.4, 0.5) is 0 Å². The van der Waals surface area contributed by atoms with Crippen molar-refractivity contribution in [1.82, 2.24) is 0 Å². The first kappa shape index (κ1) is 84.8. The van der Waals surface area contributed by atoms with Crippen LogP contribution in [0.3, 0.4) is 0 Å². The Labute approximate surface area is 603 Å². The van der Waals surface area contributed by atoms with Crippen LogP contribution in [0.5, 0.6) is 0 Å². The van der Waals surface area contributed by atoms with E-state index < -0.39 is 215 Å². The molecule has 596 valence electrons. The Morgan fingerprint density at radius 3 is 0.650 bits per heavy atom. The van der Waals surface area contributed by atoms with Crippen LogP contribution in [-0.4, -0.2) is 401 Å². The van der Waals surface area contributed by atoms with E-state index in [1.807, 2.05) is 30.3 Å². The lowest BCUT2D eigenvalue weighted by molar-refractivity contribution is -0.403. The van der Waals surface area contributed by atoms with Crippen molar-refractivity contribution in [2.75, 3.05) is 181 Å². The van der Waals surface area contributed by atoms with Gasteiger partial charge in [-0.3, -0.25) is 0 Å². The summed E-state index contributed by atoms with van der Waals surface area (Å²) in [7, 11) is 28.4. The highest BCUT2D eigenvalue weighted by atomic mass is 16.8. The van der Waals surface area contributed by atoms with E-state index in [9.17, 15) is 5.11 Å². The molecular formula is C68H114O35. The number of ether oxygens (including phenoxy) is 34. The summed E-state index contributed by atoms with van der Waals surface area (Å²) in [4.78, 5) is 0. The van der Waals surface area contributed by atoms with Crippen LogP contribution in [-0.2, 0) is 168 Å². The molecular weight excluding hydrogens is 1380 g/mol. The number of hydrogen-bond donors (Lipinski definition) is 1. The van der Waals surface area contributed by atoms with Gasteiger partial charge in [0.25, 0.3) is 0 Å². The highest BCUT2D eigenvalue weighted by molar-refractivity contribution is 5.14. The predicted molar refractivity (Wildman–Crippen MR) is 348 cm³/mol. The van der Waals surface area contributed by atoms with E-state index in [1.54, 1.807) is 0 Å². The molecule has 0 saturated carbocycles. The molecule has 35 atom stereocenters. The van der Waals surface area contributed by atoms with Gasteiger partial charge in [0.2, 0.25) is 0 Å². The fourth-order valence-corrected chi connectivity index (χ4v) is 15.3. The van der Waals surface area contributed by atoms with Gasteiger partial charge in [0.1, 0.15) is 171 Å². The zero-order valence-electron chi connectivity index (χ0n) is 62.6. The van der Waals surface area contributed by atoms with Crippen LogP contribution in [0.15, 0.2) is 30.3 Å². The molecule has 35 nitrogen and oxygen atoms in total. The molecule has 0 spiro atoms. The molecule has 103 heavy (non-hydrogen) atoms. The van der Waals surface area contributed by atoms with E-state index in [0.29, 0.717) is 0 Å². The van der Waals surface area contributed by atoms with Gasteiger partial charge in [-0.2, -0.15) is 0 Å². The molecule has 35 heteroatoms. The molecule has 0 amide bonds. The van der Waals surface area contributed by atoms with Gasteiger partial charge in [-0.1, -0.05) is 30.3 Å². The van der Waals surface area contributed by atoms with Crippen molar-refractivity contribution < 1.29 is 166 Å². The monoisotopic (exact) mass is 1490 g/mol. The Hall–Kier alpha value is -2.18. The topological polar surface area (TPSA) is 334 Å². The summed E-state index contributed by atoms with van der Waals surface area (Å²) in [6.07, 6.45) is -38.6. The van der Waals surface area contributed by atoms with E-state index in [2.05, 4.69) is 0 Å². The second kappa shape index (κ2) is 41.7. The Balaban J connectivity index is 1.15. The molecule has 1 aromatic carbocycles. The number of aliphatic hydroxyl groups excluding tert-OH is 1. The smallest absolute Gasteiger partial charge is 0.187 e. The maximum atomic E-state index is 12.8. The zero-order chi connectivity index (χ0) is 74.0. The molecule has 21 aliphatic rings. The minimum atomic E-state index is -1.53. The molecule has 0 unspecified atom stereocenters. The summed E-state index contributed by atoms with van der Waals surface area (Å²) in [5.41, 5.74) is 0.807. The molecule has 1 N–H and O–H groups in total. The van der Waals surface area contributed by atoms with E-state index in [-0.39, 0.29) is 52.9 Å². The number of methoxy groups -OCH3 is 19. The molecule has 22 rings (SSSR count). The van der Waals surface area contributed by atoms with Crippen molar-refractivity contribution in [3.63, 3.8) is 0 Å². The number of hydrogen-bond acceptors (Lipinski definition) is 35. The second-order valence-electron chi connectivity index (χ2n) is 25.8. The SMILES string of the molecule is COC[C@H]1O[C@@H]2O[C@H]3[C@H](OC)[C@@H](OC)[C@@H](O[C@H]4[C@H](OC)[C@@H](OC)[C@@H](O[C@H]5[C@H](OC)[C@@H](OC)[C@@H](O[C@H]6[C@H](OC)[C@@H](OC)[C@@H](O[C@H]7[C@H](OC)[C@@H](OC)[C@@H](O[C@H]8[C@H](OC)[C@@H](OCc9ccccc9)[C@@H](O[C@H]1[C@H](O)[C@H]2OC)O[C@@H]8COC)O[C@@H]7COC)O[C@@H]6COC)O[C@@H]5COC)O[C@@H]4COC)O[C@@H]3COC. The largest absolute Gasteiger partial charge is 0.387 e. The van der Waals surface area contributed by atoms with Gasteiger partial charge in [0.05, 0.1) is 52.9 Å². The fourth-order valence-electron chi connectivity index (χ4n) is 15.3. The lowest BCUT2D eigenvalue weighted by Crippen LogP contribution is -2.69. The molecule has 21 heterocycles. The minimum absolute atomic E-state index is 0.0398. The maximum Gasteiger partial charge on any atom is 0.187 e. The first-order valence-corrected chi connectivity index (χ1v) is 34.4. The first-order chi connectivity index (χ1) is 50.2. The average Bonchev–Trinajstić information content (AvgIpc) is 0.773. The first-order valence-electron chi connectivity index (χ1n) is 34.4. The van der Waals surface area contributed by atoms with Crippen LogP contribution in [0, 0.1) is 0 Å². The Kier molecular flexibility index (Phi) is 34.4. The summed E-state index contributed by atoms with van der Waals surface area (Å²) in [6.45, 7) is -0.486. The third-order valence-corrected chi connectivity index (χ3v) is 20.1. The minimum Gasteiger partial charge on any atom is -0.387 e. The lowest BCUT2D eigenvalue weighted by atomic mass is 9.94. The molecule has 0 radical (unpaired) electrons. The van der Waals surface area contributed by atoms with Crippen LogP contribution in [0.1, 0.15) is 5.56 Å². The van der Waals surface area contributed by atoms with Crippen LogP contribution >= 0.6 is 0 Å². The summed E-state index contributed by atoms with van der Waals surface area (Å²) < 4.78 is 221. The molecule has 0 aromatic heterocycles. The number of aliphatic hydroxyl groups is 1. The maximum absolute atomic E-state index is 12.8. The summed E-state index contributed by atoms with van der Waals surface area (Å²) in [5.74, 6) is 0. The Morgan fingerprint density at radius 1 is 0.233 bits per heavy atom. The predicted octanol–water partition coefficient (Wildman–Crippen LogP) is -0.578. The van der Waals surface area contributed by atoms with Crippen LogP contribution < -0.4 is 0 Å². The lowest BCUT2D eigenvalue weighted by Gasteiger charge is -2.52. The van der Waals surface area contributed by atoms with Crippen molar-refractivity contribution in [3.05, 3.63) is 35.9 Å². The standard InChI is InChI=1S/C68H114O35/c1-70-26-34-42-41(69)49(77-8)62(90-34)98-43-35(27-71-2)91-63(56(84-15)50(43)78-9)99-44-36(28-72-3)92-64(57(85-16)51(44)79-10)100-45-37(29-73-4)93-65(58(86-17)52(45)80-11)101-46-38(30-74-5)94-66(59(87-18)53(46)81-12)102-47-39(31-75-6)95-67(60(88-19)54(47)82-13)103-48-40(32-76-7)96-68(97-42)61(55(48)83-14)89-25-33-23-21-20-22-24-33/h20-24,34-69H,25-32H2,1-19H3/t34-,35-,36-,37-,38-,39-,40-,41+,42-,43-,44-,45-,46-,47-,48-,49-,50+,51+,52+,53+,54+,55+,56-,57-,58-,59-,60-,61-,62-,63-,64-,65-,66-,67-,68-/m1/s1. The highest BCUT2D eigenvalue weighted by Gasteiger charge is 2.62. The van der Waals surface area contributed by atoms with Crippen molar-refractivity contribution >= 4 is 0 Å². The summed E-state index contributed by atoms with van der Waals surface area (Å²) in [6, 6.07) is 9.48. The quantitative estimate of drug-likeness (QED) is 0.105. The van der Waals surface area contributed by atoms with Gasteiger partial charge in [0.15, 0.2) is 44.0 Å². The van der Waals surface area contributed by atoms with E-state index in [1.165, 1.54) is 135 Å². The van der Waals surface area contributed by atoms with Crippen molar-refractivity contribution in [2.24, 2.45) is 0 Å². The molecule has 21 aliphatic heterocycles. The number of rotatable bonds is 29. The Morgan fingerprint density at radius 2 is 0.427 bits per heavy atom. The van der Waals surface area contributed by atoms with Gasteiger partial charge < -0.3 is 166 Å². The third kappa shape index (κ3) is 19.1. The van der Waals surface area contributed by atoms with E-state index in [4.69, 9.17) is 161 Å². The summed E-state index contributed by atoms with van der Waals surface area (Å²) in [5, 5.41) is 12.8. The normalized spacial score (nSPS) is 44.4. The van der Waals surface area contributed by atoms with Gasteiger partial charge in [-0.05, 0) is 5.56 Å². The van der Waals surface area contributed by atoms with Gasteiger partial charge in [-0.25, -0.2) is 0 Å². The van der Waals surface area contributed by atoms with Gasteiger partial charge in [-0.15, -0.1) is 0 Å². The van der Waals surface area contributed by atoms with E-state index >= 15 is 0 Å². The molecule has 21 fully saturated rings. The summed E-state index contributed by atoms with van der Waals surface area (Å²) >= 11 is 0. The van der Waals surface area contributed by atoms with Gasteiger partial charge in [0, 0.05) is 135 Å². The van der Waals surface area contributed by atoms with Crippen molar-refractivity contribution in [2.45, 2.75) is 222 Å². The van der Waals surface area contributed by atoms with Crippen molar-refractivity contribution in [1.29, 1.82) is 0 Å². The zero-order valence-corrected chi connectivity index (χ0v) is 62.6. The van der Waals surface area contributed by atoms with Crippen molar-refractivity contribution in [3.8, 4) is 0 Å². The average molecular weight is 1490 g/mol.